The van der Waals surface area contributed by atoms with E-state index in [2.05, 4.69) is 33.4 Å². The number of ether oxygens (including phenoxy) is 3. The highest BCUT2D eigenvalue weighted by atomic mass is 32.2. The molecule has 0 saturated carbocycles. The van der Waals surface area contributed by atoms with Gasteiger partial charge in [-0.05, 0) is 97.2 Å². The molecule has 2 N–H and O–H groups in total. The third kappa shape index (κ3) is 9.97. The number of fused-ring (bicyclic) bond motifs is 1. The van der Waals surface area contributed by atoms with Gasteiger partial charge in [-0.1, -0.05) is 37.6 Å². The maximum Gasteiger partial charge on any atom is 0.416 e. The van der Waals surface area contributed by atoms with Crippen LogP contribution in [0, 0.1) is 15.5 Å². The van der Waals surface area contributed by atoms with E-state index in [9.17, 15) is 36.5 Å². The Labute approximate surface area is 362 Å². The molecule has 1 aliphatic carbocycles. The lowest BCUT2D eigenvalue weighted by molar-refractivity contribution is -0.386. The van der Waals surface area contributed by atoms with Crippen molar-refractivity contribution < 1.29 is 45.5 Å². The molecule has 1 unspecified atom stereocenters. The molecule has 0 bridgehead atoms. The van der Waals surface area contributed by atoms with Crippen LogP contribution < -0.4 is 19.1 Å². The second-order valence-corrected chi connectivity index (χ2v) is 18.6. The molecule has 2 aliphatic heterocycles. The molecule has 0 spiro atoms. The molecule has 5 aromatic rings. The summed E-state index contributed by atoms with van der Waals surface area (Å²) < 4.78 is 87.3. The number of sulfonamides is 1. The predicted molar refractivity (Wildman–Crippen MR) is 229 cm³/mol. The van der Waals surface area contributed by atoms with Gasteiger partial charge >= 0.3 is 11.9 Å². The molecule has 2 saturated heterocycles. The minimum Gasteiger partial charge on any atom is -0.484 e. The Hall–Kier alpha value is -5.98. The van der Waals surface area contributed by atoms with Gasteiger partial charge in [0.05, 0.1) is 38.9 Å². The van der Waals surface area contributed by atoms with E-state index < -0.39 is 43.2 Å². The summed E-state index contributed by atoms with van der Waals surface area (Å²) in [6.07, 6.45) is 2.67. The fourth-order valence-electron chi connectivity index (χ4n) is 8.37. The number of H-pyrrole nitrogens is 1. The third-order valence-corrected chi connectivity index (χ3v) is 13.1. The molecule has 14 nitrogen and oxygen atoms in total. The summed E-state index contributed by atoms with van der Waals surface area (Å²) in [6.45, 7) is 7.87. The summed E-state index contributed by atoms with van der Waals surface area (Å²) in [5.41, 5.74) is 2.85. The Bertz CT molecular complexity index is 2650. The SMILES string of the molecule is CC1(C)CCC(CN2CCN(c3cccc(C(=O)NS(=O)(=O)c4ccc(OCC5CCCO5)c([N+](=O)[O-])c4)c3Oc3cnc4[nH]ccc4c3)CC2)=C(c2ccc(C(F)(F)F)cc2)C1. The lowest BCUT2D eigenvalue weighted by atomic mass is 9.72. The first kappa shape index (κ1) is 43.7. The number of halogens is 3. The second-order valence-electron chi connectivity index (χ2n) is 16.9. The van der Waals surface area contributed by atoms with E-state index in [1.165, 1.54) is 23.9 Å². The van der Waals surface area contributed by atoms with E-state index in [1.807, 2.05) is 11.0 Å². The van der Waals surface area contributed by atoms with Gasteiger partial charge in [-0.2, -0.15) is 13.2 Å². The number of nitrogens with one attached hydrogen (secondary N) is 2. The number of nitro groups is 1. The van der Waals surface area contributed by atoms with E-state index in [1.54, 1.807) is 36.5 Å². The molecule has 332 valence electrons. The zero-order chi connectivity index (χ0) is 44.5. The molecule has 0 radical (unpaired) electrons. The van der Waals surface area contributed by atoms with Crippen molar-refractivity contribution in [2.24, 2.45) is 5.41 Å². The monoisotopic (exact) mass is 888 g/mol. The average molecular weight is 889 g/mol. The van der Waals surface area contributed by atoms with Crippen molar-refractivity contribution in [3.63, 3.8) is 0 Å². The maximum absolute atomic E-state index is 14.1. The predicted octanol–water partition coefficient (Wildman–Crippen LogP) is 8.74. The van der Waals surface area contributed by atoms with Crippen LogP contribution in [0.3, 0.4) is 0 Å². The van der Waals surface area contributed by atoms with E-state index in [-0.39, 0.29) is 35.2 Å². The highest BCUT2D eigenvalue weighted by Gasteiger charge is 2.33. The van der Waals surface area contributed by atoms with Crippen LogP contribution in [0.1, 0.15) is 67.4 Å². The van der Waals surface area contributed by atoms with E-state index >= 15 is 0 Å². The van der Waals surface area contributed by atoms with Crippen LogP contribution in [0.4, 0.5) is 24.5 Å². The number of hydrogen-bond acceptors (Lipinski definition) is 11. The van der Waals surface area contributed by atoms with E-state index in [0.29, 0.717) is 56.4 Å². The number of alkyl halides is 3. The van der Waals surface area contributed by atoms with Gasteiger partial charge < -0.3 is 24.1 Å². The number of anilines is 1. The number of hydrogen-bond donors (Lipinski definition) is 2. The molecule has 4 heterocycles. The average Bonchev–Trinajstić information content (AvgIpc) is 3.96. The van der Waals surface area contributed by atoms with Crippen LogP contribution in [-0.4, -0.2) is 86.2 Å². The first-order valence-electron chi connectivity index (χ1n) is 20.7. The Kier molecular flexibility index (Phi) is 12.2. The Morgan fingerprint density at radius 3 is 2.56 bits per heavy atom. The Morgan fingerprint density at radius 2 is 1.84 bits per heavy atom. The normalized spacial score (nSPS) is 18.4. The standard InChI is InChI=1S/C45H47F3N6O8S/c1-44(2)16-14-31(37(25-44)29-8-10-32(11-9-29)45(46,47)48)27-52-18-20-53(21-19-52)38-7-3-6-36(41(38)62-34-23-30-15-17-49-42(30)50-26-34)43(55)51-63(58,59)35-12-13-40(39(24-35)54(56)57)61-28-33-5-4-22-60-33/h3,6-13,15,17,23-24,26,33H,4-5,14,16,18-22,25,27-28H2,1-2H3,(H,49,50)(H,51,55). The smallest absolute Gasteiger partial charge is 0.416 e. The Morgan fingerprint density at radius 1 is 1.06 bits per heavy atom. The highest BCUT2D eigenvalue weighted by Crippen LogP contribution is 2.44. The molecular formula is C45H47F3N6O8S. The summed E-state index contributed by atoms with van der Waals surface area (Å²) >= 11 is 0. The number of piperazine rings is 1. The fraction of sp³-hybridized carbons (Fsp3) is 0.378. The van der Waals surface area contributed by atoms with Crippen molar-refractivity contribution in [2.45, 2.75) is 63.1 Å². The number of allylic oxidation sites excluding steroid dienone is 1. The number of amides is 1. The molecule has 2 fully saturated rings. The first-order valence-corrected chi connectivity index (χ1v) is 22.2. The second kappa shape index (κ2) is 17.7. The molecule has 18 heteroatoms. The number of benzene rings is 3. The van der Waals surface area contributed by atoms with Gasteiger partial charge in [0, 0.05) is 57.0 Å². The van der Waals surface area contributed by atoms with Crippen molar-refractivity contribution in [3.8, 4) is 17.2 Å². The third-order valence-electron chi connectivity index (χ3n) is 11.8. The zero-order valence-electron chi connectivity index (χ0n) is 34.7. The van der Waals surface area contributed by atoms with Crippen molar-refractivity contribution in [1.82, 2.24) is 19.6 Å². The number of carbonyl (C=O) groups is 1. The van der Waals surface area contributed by atoms with Gasteiger partial charge in [-0.15, -0.1) is 0 Å². The maximum atomic E-state index is 14.1. The number of pyridine rings is 1. The van der Waals surface area contributed by atoms with Gasteiger partial charge in [0.2, 0.25) is 0 Å². The summed E-state index contributed by atoms with van der Waals surface area (Å²) in [5.74, 6) is -0.773. The minimum atomic E-state index is -4.65. The molecule has 8 rings (SSSR count). The molecule has 3 aromatic carbocycles. The summed E-state index contributed by atoms with van der Waals surface area (Å²) in [4.78, 5) is 36.6. The van der Waals surface area contributed by atoms with Crippen molar-refractivity contribution in [2.75, 3.05) is 50.8 Å². The summed E-state index contributed by atoms with van der Waals surface area (Å²) in [6, 6.07) is 17.0. The van der Waals surface area contributed by atoms with E-state index in [4.69, 9.17) is 14.2 Å². The van der Waals surface area contributed by atoms with Gasteiger partial charge in [0.15, 0.2) is 11.5 Å². The number of aromatic amines is 1. The first-order chi connectivity index (χ1) is 30.0. The largest absolute Gasteiger partial charge is 0.484 e. The molecular weight excluding hydrogens is 842 g/mol. The molecule has 2 aromatic heterocycles. The van der Waals surface area contributed by atoms with Crippen LogP contribution in [-0.2, 0) is 20.9 Å². The number of carbonyl (C=O) groups excluding carboxylic acids is 1. The quantitative estimate of drug-likeness (QED) is 0.0857. The summed E-state index contributed by atoms with van der Waals surface area (Å²) in [5, 5.41) is 12.8. The van der Waals surface area contributed by atoms with Gasteiger partial charge in [0.1, 0.15) is 18.0 Å². The molecule has 3 aliphatic rings. The Balaban J connectivity index is 1.04. The molecule has 1 amide bonds. The van der Waals surface area contributed by atoms with Crippen LogP contribution in [0.25, 0.3) is 16.6 Å². The fourth-order valence-corrected chi connectivity index (χ4v) is 9.35. The van der Waals surface area contributed by atoms with E-state index in [0.717, 1.165) is 72.9 Å². The number of nitrogens with zero attached hydrogens (tertiary/aromatic N) is 4. The zero-order valence-corrected chi connectivity index (χ0v) is 35.6. The van der Waals surface area contributed by atoms with Crippen molar-refractivity contribution in [1.29, 1.82) is 0 Å². The van der Waals surface area contributed by atoms with Gasteiger partial charge in [0.25, 0.3) is 15.9 Å². The molecule has 1 atom stereocenters. The van der Waals surface area contributed by atoms with Crippen molar-refractivity contribution in [3.05, 3.63) is 118 Å². The highest BCUT2D eigenvalue weighted by molar-refractivity contribution is 7.90. The lowest BCUT2D eigenvalue weighted by Gasteiger charge is -2.39. The number of para-hydroxylation sites is 1. The number of rotatable bonds is 13. The van der Waals surface area contributed by atoms with Crippen LogP contribution in [0.2, 0.25) is 0 Å². The topological polar surface area (TPSA) is 169 Å². The minimum absolute atomic E-state index is 0.00361. The van der Waals surface area contributed by atoms with Crippen LogP contribution >= 0.6 is 0 Å². The van der Waals surface area contributed by atoms with Crippen molar-refractivity contribution >= 4 is 43.9 Å². The number of aromatic nitrogens is 2. The van der Waals surface area contributed by atoms with Crippen LogP contribution in [0.5, 0.6) is 17.2 Å². The lowest BCUT2D eigenvalue weighted by Crippen LogP contribution is -2.47. The van der Waals surface area contributed by atoms with Gasteiger partial charge in [-0.3, -0.25) is 19.8 Å². The number of nitro benzene ring substituents is 1. The summed E-state index contributed by atoms with van der Waals surface area (Å²) in [7, 11) is -4.65. The van der Waals surface area contributed by atoms with Crippen LogP contribution in [0.15, 0.2) is 95.7 Å². The van der Waals surface area contributed by atoms with Gasteiger partial charge in [-0.25, -0.2) is 18.1 Å². The molecule has 63 heavy (non-hydrogen) atoms.